The molecule has 3 N–H and O–H groups in total. The summed E-state index contributed by atoms with van der Waals surface area (Å²) in [6.45, 7) is 6.59. The summed E-state index contributed by atoms with van der Waals surface area (Å²) in [4.78, 5) is 23.7. The molecule has 2 heterocycles. The van der Waals surface area contributed by atoms with E-state index in [0.717, 1.165) is 36.2 Å². The Bertz CT molecular complexity index is 1050. The fraction of sp³-hybridized carbons (Fsp3) is 0.381. The van der Waals surface area contributed by atoms with Gasteiger partial charge in [0.15, 0.2) is 0 Å². The van der Waals surface area contributed by atoms with Gasteiger partial charge >= 0.3 is 0 Å². The second-order valence-corrected chi connectivity index (χ2v) is 8.35. The first-order valence-electron chi connectivity index (χ1n) is 9.59. The van der Waals surface area contributed by atoms with E-state index >= 15 is 0 Å². The predicted octanol–water partition coefficient (Wildman–Crippen LogP) is 2.99. The van der Waals surface area contributed by atoms with Gasteiger partial charge in [-0.15, -0.1) is 0 Å². The van der Waals surface area contributed by atoms with E-state index in [1.54, 1.807) is 0 Å². The van der Waals surface area contributed by atoms with E-state index in [0.29, 0.717) is 0 Å². The van der Waals surface area contributed by atoms with Crippen LogP contribution in [-0.2, 0) is 11.8 Å². The topological polar surface area (TPSA) is 95.6 Å². The molecule has 1 unspecified atom stereocenters. The number of nitrogens with one attached hydrogen (secondary N) is 3. The second-order valence-electron chi connectivity index (χ2n) is 8.35. The molecule has 28 heavy (non-hydrogen) atoms. The minimum Gasteiger partial charge on any atom is -0.344 e. The van der Waals surface area contributed by atoms with E-state index in [1.165, 1.54) is 11.6 Å². The molecular formula is C21H25N5O2. The highest BCUT2D eigenvalue weighted by Crippen LogP contribution is 2.32. The van der Waals surface area contributed by atoms with Crippen molar-refractivity contribution >= 4 is 5.91 Å². The first-order chi connectivity index (χ1) is 13.3. The summed E-state index contributed by atoms with van der Waals surface area (Å²) in [5.74, 6) is -0.293. The molecule has 0 spiro atoms. The molecule has 0 saturated carbocycles. The number of H-pyrrole nitrogens is 2. The molecule has 1 atom stereocenters. The van der Waals surface area contributed by atoms with E-state index in [4.69, 9.17) is 0 Å². The Morgan fingerprint density at radius 2 is 1.96 bits per heavy atom. The Hall–Kier alpha value is -3.09. The Kier molecular flexibility index (Phi) is 4.45. The van der Waals surface area contributed by atoms with Crippen LogP contribution in [0.1, 0.15) is 67.0 Å². The Balaban J connectivity index is 1.59. The van der Waals surface area contributed by atoms with Crippen molar-refractivity contribution < 1.29 is 4.79 Å². The van der Waals surface area contributed by atoms with Gasteiger partial charge in [0.05, 0.1) is 17.9 Å². The van der Waals surface area contributed by atoms with Crippen LogP contribution in [-0.4, -0.2) is 25.9 Å². The van der Waals surface area contributed by atoms with E-state index in [1.807, 2.05) is 10.9 Å². The van der Waals surface area contributed by atoms with Gasteiger partial charge in [0.25, 0.3) is 11.5 Å². The Morgan fingerprint density at radius 3 is 2.61 bits per heavy atom. The number of aromatic amines is 2. The van der Waals surface area contributed by atoms with Crippen LogP contribution in [0, 0.1) is 0 Å². The summed E-state index contributed by atoms with van der Waals surface area (Å²) in [6.07, 6.45) is 4.58. The quantitative estimate of drug-likeness (QED) is 0.653. The summed E-state index contributed by atoms with van der Waals surface area (Å²) < 4.78 is 1.97. The number of amides is 1. The molecule has 4 rings (SSSR count). The highest BCUT2D eigenvalue weighted by atomic mass is 16.2. The summed E-state index contributed by atoms with van der Waals surface area (Å²) in [5.41, 5.74) is 4.50. The highest BCUT2D eigenvalue weighted by molar-refractivity contribution is 5.92. The highest BCUT2D eigenvalue weighted by Gasteiger charge is 2.27. The zero-order valence-electron chi connectivity index (χ0n) is 16.4. The summed E-state index contributed by atoms with van der Waals surface area (Å²) in [6, 6.07) is 9.64. The van der Waals surface area contributed by atoms with Gasteiger partial charge < -0.3 is 5.32 Å². The maximum Gasteiger partial charge on any atom is 0.269 e. The fourth-order valence-corrected chi connectivity index (χ4v) is 3.72. The first-order valence-corrected chi connectivity index (χ1v) is 9.59. The number of nitrogens with zero attached hydrogens (tertiary/aromatic N) is 2. The molecule has 1 aromatic carbocycles. The molecular weight excluding hydrogens is 354 g/mol. The van der Waals surface area contributed by atoms with Crippen molar-refractivity contribution in [3.8, 4) is 5.69 Å². The number of carbonyl (C=O) groups is 1. The number of fused-ring (bicyclic) bond motifs is 1. The molecule has 7 heteroatoms. The van der Waals surface area contributed by atoms with Gasteiger partial charge in [-0.05, 0) is 42.4 Å². The monoisotopic (exact) mass is 379 g/mol. The van der Waals surface area contributed by atoms with Gasteiger partial charge in [-0.2, -0.15) is 5.10 Å². The molecule has 146 valence electrons. The molecule has 0 saturated heterocycles. The average molecular weight is 379 g/mol. The minimum atomic E-state index is -0.319. The van der Waals surface area contributed by atoms with E-state index < -0.39 is 0 Å². The largest absolute Gasteiger partial charge is 0.344 e. The minimum absolute atomic E-state index is 0.108. The SMILES string of the molecule is CC(C)(C)c1ccc(-n2ncc3c2CCCC3NC(=O)c2cc(=O)[nH][nH]2)cc1. The summed E-state index contributed by atoms with van der Waals surface area (Å²) in [5, 5.41) is 12.6. The molecule has 3 aromatic rings. The van der Waals surface area contributed by atoms with Crippen molar-refractivity contribution in [1.82, 2.24) is 25.3 Å². The van der Waals surface area contributed by atoms with Gasteiger partial charge in [-0.25, -0.2) is 4.68 Å². The zero-order valence-corrected chi connectivity index (χ0v) is 16.4. The first kappa shape index (κ1) is 18.3. The lowest BCUT2D eigenvalue weighted by Crippen LogP contribution is -2.31. The van der Waals surface area contributed by atoms with Crippen molar-refractivity contribution in [2.45, 2.75) is 51.5 Å². The molecule has 2 aromatic heterocycles. The molecule has 7 nitrogen and oxygen atoms in total. The molecule has 0 bridgehead atoms. The van der Waals surface area contributed by atoms with Crippen LogP contribution in [0.3, 0.4) is 0 Å². The molecule has 1 aliphatic carbocycles. The third kappa shape index (κ3) is 3.40. The molecule has 1 amide bonds. The van der Waals surface area contributed by atoms with E-state index in [2.05, 4.69) is 65.6 Å². The fourth-order valence-electron chi connectivity index (χ4n) is 3.72. The Labute approximate surface area is 163 Å². The lowest BCUT2D eigenvalue weighted by atomic mass is 9.87. The third-order valence-corrected chi connectivity index (χ3v) is 5.31. The average Bonchev–Trinajstić information content (AvgIpc) is 3.28. The van der Waals surface area contributed by atoms with Gasteiger partial charge in [0.1, 0.15) is 5.69 Å². The molecule has 0 radical (unpaired) electrons. The van der Waals surface area contributed by atoms with Crippen molar-refractivity contribution in [2.75, 3.05) is 0 Å². The van der Waals surface area contributed by atoms with E-state index in [9.17, 15) is 9.59 Å². The standard InChI is InChI=1S/C21H25N5O2/c1-21(2,3)13-7-9-14(10-8-13)26-18-6-4-5-16(15(18)12-22-26)23-20(28)17-11-19(27)25-24-17/h7-12,16H,4-6H2,1-3H3,(H,23,28)(H2,24,25,27). The van der Waals surface area contributed by atoms with Crippen LogP contribution in [0.5, 0.6) is 0 Å². The number of aromatic nitrogens is 4. The maximum absolute atomic E-state index is 12.4. The van der Waals surface area contributed by atoms with Crippen molar-refractivity contribution in [1.29, 1.82) is 0 Å². The second kappa shape index (κ2) is 6.82. The lowest BCUT2D eigenvalue weighted by molar-refractivity contribution is 0.0927. The summed E-state index contributed by atoms with van der Waals surface area (Å²) >= 11 is 0. The van der Waals surface area contributed by atoms with Crippen LogP contribution in [0.25, 0.3) is 5.69 Å². The van der Waals surface area contributed by atoms with Gasteiger partial charge in [0, 0.05) is 17.3 Å². The van der Waals surface area contributed by atoms with Crippen LogP contribution >= 0.6 is 0 Å². The summed E-state index contributed by atoms with van der Waals surface area (Å²) in [7, 11) is 0. The normalized spacial score (nSPS) is 16.6. The lowest BCUT2D eigenvalue weighted by Gasteiger charge is -2.24. The van der Waals surface area contributed by atoms with Crippen molar-refractivity contribution in [3.63, 3.8) is 0 Å². The van der Waals surface area contributed by atoms with Crippen LogP contribution in [0.15, 0.2) is 41.3 Å². The number of carbonyl (C=O) groups excluding carboxylic acids is 1. The van der Waals surface area contributed by atoms with Crippen molar-refractivity contribution in [2.24, 2.45) is 0 Å². The van der Waals surface area contributed by atoms with Crippen LogP contribution < -0.4 is 10.9 Å². The third-order valence-electron chi connectivity index (χ3n) is 5.31. The Morgan fingerprint density at radius 1 is 1.21 bits per heavy atom. The number of rotatable bonds is 3. The number of hydrogen-bond acceptors (Lipinski definition) is 3. The van der Waals surface area contributed by atoms with Gasteiger partial charge in [0.2, 0.25) is 0 Å². The van der Waals surface area contributed by atoms with Crippen molar-refractivity contribution in [3.05, 3.63) is 69.4 Å². The van der Waals surface area contributed by atoms with Crippen LogP contribution in [0.2, 0.25) is 0 Å². The van der Waals surface area contributed by atoms with E-state index in [-0.39, 0.29) is 28.6 Å². The molecule has 0 fully saturated rings. The number of benzene rings is 1. The maximum atomic E-state index is 12.4. The van der Waals surface area contributed by atoms with Gasteiger partial charge in [-0.1, -0.05) is 32.9 Å². The predicted molar refractivity (Wildman–Crippen MR) is 107 cm³/mol. The zero-order chi connectivity index (χ0) is 19.9. The smallest absolute Gasteiger partial charge is 0.269 e. The molecule has 0 aliphatic heterocycles. The van der Waals surface area contributed by atoms with Gasteiger partial charge in [-0.3, -0.25) is 19.8 Å². The molecule has 1 aliphatic rings. The number of hydrogen-bond donors (Lipinski definition) is 3. The van der Waals surface area contributed by atoms with Crippen LogP contribution in [0.4, 0.5) is 0 Å².